The Morgan fingerprint density at radius 2 is 2.11 bits per heavy atom. The van der Waals surface area contributed by atoms with Crippen molar-refractivity contribution in [2.75, 3.05) is 0 Å². The number of carboxylic acids is 1. The van der Waals surface area contributed by atoms with Crippen LogP contribution >= 0.6 is 0 Å². The fourth-order valence-electron chi connectivity index (χ4n) is 1.31. The Kier molecular flexibility index (Phi) is 3.33. The number of nitrogens with zero attached hydrogens (tertiary/aromatic N) is 3. The molecule has 2 heterocycles. The highest BCUT2D eigenvalue weighted by Crippen LogP contribution is 2.24. The summed E-state index contributed by atoms with van der Waals surface area (Å²) in [6, 6.07) is 5.17. The van der Waals surface area contributed by atoms with Crippen molar-refractivity contribution in [3.05, 3.63) is 52.5 Å². The molecule has 96 valence electrons. The third-order valence-corrected chi connectivity index (χ3v) is 2.12. The molecule has 8 heteroatoms. The van der Waals surface area contributed by atoms with Crippen LogP contribution in [-0.4, -0.2) is 26.0 Å². The SMILES string of the molecule is O=C(O)c1ncccc1Oc1cc([N+](=O)[O-])ccn1. The van der Waals surface area contributed by atoms with Crippen LogP contribution < -0.4 is 4.74 Å². The van der Waals surface area contributed by atoms with Gasteiger partial charge in [-0.1, -0.05) is 0 Å². The number of carbonyl (C=O) groups is 1. The fourth-order valence-corrected chi connectivity index (χ4v) is 1.31. The zero-order valence-electron chi connectivity index (χ0n) is 9.39. The lowest BCUT2D eigenvalue weighted by molar-refractivity contribution is -0.385. The summed E-state index contributed by atoms with van der Waals surface area (Å²) in [4.78, 5) is 28.3. The molecule has 0 amide bonds. The minimum Gasteiger partial charge on any atom is -0.476 e. The summed E-state index contributed by atoms with van der Waals surface area (Å²) < 4.78 is 5.20. The van der Waals surface area contributed by atoms with Crippen LogP contribution in [-0.2, 0) is 0 Å². The van der Waals surface area contributed by atoms with Crippen molar-refractivity contribution in [3.8, 4) is 11.6 Å². The number of aromatic carboxylic acids is 1. The smallest absolute Gasteiger partial charge is 0.358 e. The molecule has 0 aliphatic carbocycles. The maximum Gasteiger partial charge on any atom is 0.358 e. The fraction of sp³-hybridized carbons (Fsp3) is 0. The summed E-state index contributed by atoms with van der Waals surface area (Å²) >= 11 is 0. The normalized spacial score (nSPS) is 9.89. The van der Waals surface area contributed by atoms with Crippen LogP contribution in [0.2, 0.25) is 0 Å². The van der Waals surface area contributed by atoms with Gasteiger partial charge in [-0.25, -0.2) is 14.8 Å². The first-order chi connectivity index (χ1) is 9.08. The van der Waals surface area contributed by atoms with E-state index in [-0.39, 0.29) is 23.0 Å². The topological polar surface area (TPSA) is 115 Å². The summed E-state index contributed by atoms with van der Waals surface area (Å²) in [6.45, 7) is 0. The standard InChI is InChI=1S/C11H7N3O5/c15-11(16)10-8(2-1-4-13-10)19-9-6-7(14(17)18)3-5-12-9/h1-6H,(H,15,16). The highest BCUT2D eigenvalue weighted by molar-refractivity contribution is 5.88. The second-order valence-electron chi connectivity index (χ2n) is 3.37. The van der Waals surface area contributed by atoms with E-state index in [0.717, 1.165) is 6.07 Å². The van der Waals surface area contributed by atoms with Gasteiger partial charge in [0.2, 0.25) is 5.88 Å². The Morgan fingerprint density at radius 1 is 1.32 bits per heavy atom. The number of hydrogen-bond acceptors (Lipinski definition) is 6. The molecule has 0 radical (unpaired) electrons. The summed E-state index contributed by atoms with van der Waals surface area (Å²) in [5.41, 5.74) is -0.499. The Hall–Kier alpha value is -3.03. The van der Waals surface area contributed by atoms with Crippen molar-refractivity contribution in [1.82, 2.24) is 9.97 Å². The molecule has 0 fully saturated rings. The van der Waals surface area contributed by atoms with Crippen LogP contribution in [0.15, 0.2) is 36.7 Å². The Labute approximate surface area is 106 Å². The number of rotatable bonds is 4. The minimum absolute atomic E-state index is 0.0389. The van der Waals surface area contributed by atoms with Crippen LogP contribution in [0.1, 0.15) is 10.5 Å². The van der Waals surface area contributed by atoms with E-state index in [9.17, 15) is 14.9 Å². The summed E-state index contributed by atoms with van der Waals surface area (Å²) in [5.74, 6) is -1.38. The van der Waals surface area contributed by atoms with E-state index in [1.807, 2.05) is 0 Å². The molecule has 2 aromatic heterocycles. The summed E-state index contributed by atoms with van der Waals surface area (Å²) in [6.07, 6.45) is 2.50. The van der Waals surface area contributed by atoms with Crippen LogP contribution in [0.25, 0.3) is 0 Å². The monoisotopic (exact) mass is 261 g/mol. The molecule has 0 aliphatic heterocycles. The molecular weight excluding hydrogens is 254 g/mol. The molecule has 0 spiro atoms. The molecule has 2 aromatic rings. The van der Waals surface area contributed by atoms with E-state index in [1.165, 1.54) is 30.6 Å². The second kappa shape index (κ2) is 5.08. The highest BCUT2D eigenvalue weighted by Gasteiger charge is 2.15. The molecule has 0 saturated heterocycles. The molecule has 8 nitrogen and oxygen atoms in total. The number of pyridine rings is 2. The van der Waals surface area contributed by atoms with Gasteiger partial charge in [0, 0.05) is 18.5 Å². The lowest BCUT2D eigenvalue weighted by Crippen LogP contribution is -2.03. The van der Waals surface area contributed by atoms with Crippen molar-refractivity contribution in [1.29, 1.82) is 0 Å². The molecule has 0 unspecified atom stereocenters. The van der Waals surface area contributed by atoms with Gasteiger partial charge in [0.25, 0.3) is 5.69 Å². The van der Waals surface area contributed by atoms with Gasteiger partial charge >= 0.3 is 5.97 Å². The largest absolute Gasteiger partial charge is 0.476 e. The average molecular weight is 261 g/mol. The number of nitro groups is 1. The Bertz CT molecular complexity index is 644. The first-order valence-corrected chi connectivity index (χ1v) is 5.04. The third-order valence-electron chi connectivity index (χ3n) is 2.12. The Morgan fingerprint density at radius 3 is 2.79 bits per heavy atom. The van der Waals surface area contributed by atoms with Gasteiger partial charge in [0.15, 0.2) is 11.4 Å². The van der Waals surface area contributed by atoms with Crippen molar-refractivity contribution in [2.45, 2.75) is 0 Å². The van der Waals surface area contributed by atoms with Crippen LogP contribution in [0.5, 0.6) is 11.6 Å². The van der Waals surface area contributed by atoms with Crippen molar-refractivity contribution in [3.63, 3.8) is 0 Å². The van der Waals surface area contributed by atoms with E-state index in [4.69, 9.17) is 9.84 Å². The predicted octanol–water partition coefficient (Wildman–Crippen LogP) is 1.88. The lowest BCUT2D eigenvalue weighted by atomic mass is 10.3. The molecule has 0 saturated carbocycles. The van der Waals surface area contributed by atoms with Gasteiger partial charge < -0.3 is 9.84 Å². The number of aromatic nitrogens is 2. The lowest BCUT2D eigenvalue weighted by Gasteiger charge is -2.06. The maximum atomic E-state index is 10.9. The maximum absolute atomic E-state index is 10.9. The highest BCUT2D eigenvalue weighted by atomic mass is 16.6. The molecule has 0 aliphatic rings. The van der Waals surface area contributed by atoms with Gasteiger partial charge in [0.1, 0.15) is 0 Å². The third kappa shape index (κ3) is 2.80. The molecule has 0 atom stereocenters. The minimum atomic E-state index is -1.26. The summed E-state index contributed by atoms with van der Waals surface area (Å²) in [7, 11) is 0. The number of ether oxygens (including phenoxy) is 1. The van der Waals surface area contributed by atoms with Crippen molar-refractivity contribution in [2.24, 2.45) is 0 Å². The van der Waals surface area contributed by atoms with Gasteiger partial charge in [0.05, 0.1) is 11.0 Å². The first-order valence-electron chi connectivity index (χ1n) is 5.04. The molecular formula is C11H7N3O5. The van der Waals surface area contributed by atoms with Crippen molar-refractivity contribution >= 4 is 11.7 Å². The first kappa shape index (κ1) is 12.4. The van der Waals surface area contributed by atoms with Gasteiger partial charge in [-0.3, -0.25) is 10.1 Å². The zero-order chi connectivity index (χ0) is 13.8. The van der Waals surface area contributed by atoms with E-state index in [0.29, 0.717) is 0 Å². The summed E-state index contributed by atoms with van der Waals surface area (Å²) in [5, 5.41) is 19.5. The molecule has 2 rings (SSSR count). The average Bonchev–Trinajstić information content (AvgIpc) is 2.39. The zero-order valence-corrected chi connectivity index (χ0v) is 9.39. The second-order valence-corrected chi connectivity index (χ2v) is 3.37. The van der Waals surface area contributed by atoms with Gasteiger partial charge in [-0.15, -0.1) is 0 Å². The van der Waals surface area contributed by atoms with Crippen LogP contribution in [0, 0.1) is 10.1 Å². The van der Waals surface area contributed by atoms with Crippen LogP contribution in [0.4, 0.5) is 5.69 Å². The van der Waals surface area contributed by atoms with E-state index in [1.54, 1.807) is 0 Å². The number of hydrogen-bond donors (Lipinski definition) is 1. The van der Waals surface area contributed by atoms with Gasteiger partial charge in [-0.2, -0.15) is 0 Å². The van der Waals surface area contributed by atoms with E-state index in [2.05, 4.69) is 9.97 Å². The quantitative estimate of drug-likeness (QED) is 0.659. The molecule has 19 heavy (non-hydrogen) atoms. The van der Waals surface area contributed by atoms with E-state index >= 15 is 0 Å². The molecule has 1 N–H and O–H groups in total. The Balaban J connectivity index is 2.34. The number of carboxylic acid groups (broad SMARTS) is 1. The van der Waals surface area contributed by atoms with Crippen molar-refractivity contribution < 1.29 is 19.6 Å². The molecule has 0 bridgehead atoms. The predicted molar refractivity (Wildman–Crippen MR) is 62.2 cm³/mol. The van der Waals surface area contributed by atoms with Gasteiger partial charge in [-0.05, 0) is 12.1 Å². The molecule has 0 aromatic carbocycles. The van der Waals surface area contributed by atoms with Crippen LogP contribution in [0.3, 0.4) is 0 Å². The van der Waals surface area contributed by atoms with E-state index < -0.39 is 10.9 Å².